The molecule has 572 valence electrons. The maximum atomic E-state index is 6.60. The van der Waals surface area contributed by atoms with E-state index < -0.39 is 0 Å². The second kappa shape index (κ2) is 31.4. The van der Waals surface area contributed by atoms with Crippen LogP contribution in [0.1, 0.15) is 0 Å². The first-order valence-corrected chi connectivity index (χ1v) is 41.8. The lowest BCUT2D eigenvalue weighted by atomic mass is 9.98. The Morgan fingerprint density at radius 1 is 0.180 bits per heavy atom. The van der Waals surface area contributed by atoms with Crippen molar-refractivity contribution in [3.8, 4) is 94.7 Å². The van der Waals surface area contributed by atoms with E-state index in [0.29, 0.717) is 0 Å². The SMILES string of the molecule is c1ccc(-c2ccc(-c3ccc(N(c4ccc(-c5ccc6c(c5)c5cc(-c7ccccc7)ccc5n6-c5ccccc5)cc4)c4cccc5ccc6ccccc6c45)cc3)cc2)cc1.c1ccc(-c2ccc(-c3ccc(N(c4ccc(-c5cccc6c5oc5ccc(-c7ccccc7)cc56)cc4)c4cccc5ccc6ccccc6c45)cc3)cc2)cc1. The predicted octanol–water partition coefficient (Wildman–Crippen LogP) is 33.3. The van der Waals surface area contributed by atoms with Crippen molar-refractivity contribution in [1.29, 1.82) is 0 Å². The van der Waals surface area contributed by atoms with Crippen LogP contribution in [0.2, 0.25) is 0 Å². The average Bonchev–Trinajstić information content (AvgIpc) is 1.46. The molecule has 0 atom stereocenters. The fraction of sp³-hybridized carbons (Fsp3) is 0. The lowest BCUT2D eigenvalue weighted by molar-refractivity contribution is 0.670. The number of para-hydroxylation sites is 2. The summed E-state index contributed by atoms with van der Waals surface area (Å²) in [5, 5.41) is 14.5. The van der Waals surface area contributed by atoms with Crippen LogP contribution in [0.3, 0.4) is 0 Å². The number of benzene rings is 21. The van der Waals surface area contributed by atoms with Gasteiger partial charge < -0.3 is 18.8 Å². The Kier molecular flexibility index (Phi) is 18.6. The molecule has 23 aromatic rings. The summed E-state index contributed by atoms with van der Waals surface area (Å²) in [5.74, 6) is 0. The molecule has 4 heteroatoms. The molecule has 0 bridgehead atoms. The fourth-order valence-electron chi connectivity index (χ4n) is 18.2. The van der Waals surface area contributed by atoms with E-state index in [1.165, 1.54) is 143 Å². The Hall–Kier alpha value is -16.1. The van der Waals surface area contributed by atoms with Crippen LogP contribution >= 0.6 is 0 Å². The monoisotopic (exact) mass is 1550 g/mol. The molecule has 2 heterocycles. The highest BCUT2D eigenvalue weighted by Gasteiger charge is 2.23. The first-order chi connectivity index (χ1) is 60.5. The van der Waals surface area contributed by atoms with Crippen molar-refractivity contribution in [1.82, 2.24) is 4.57 Å². The first-order valence-electron chi connectivity index (χ1n) is 41.8. The molecule has 0 aliphatic carbocycles. The van der Waals surface area contributed by atoms with Crippen molar-refractivity contribution in [2.45, 2.75) is 0 Å². The van der Waals surface area contributed by atoms with E-state index in [9.17, 15) is 0 Å². The van der Waals surface area contributed by atoms with Crippen LogP contribution in [0, 0.1) is 0 Å². The highest BCUT2D eigenvalue weighted by molar-refractivity contribution is 6.18. The minimum atomic E-state index is 0.892. The topological polar surface area (TPSA) is 24.6 Å². The van der Waals surface area contributed by atoms with Gasteiger partial charge in [0, 0.05) is 66.3 Å². The van der Waals surface area contributed by atoms with Gasteiger partial charge in [0.1, 0.15) is 11.2 Å². The zero-order valence-electron chi connectivity index (χ0n) is 66.9. The van der Waals surface area contributed by atoms with Crippen molar-refractivity contribution < 1.29 is 4.42 Å². The third-order valence-electron chi connectivity index (χ3n) is 24.3. The summed E-state index contributed by atoms with van der Waals surface area (Å²) < 4.78 is 8.99. The average molecular weight is 1550 g/mol. The molecule has 0 aliphatic heterocycles. The standard InChI is InChI=1S/C62H42N2.C56H37NO/c1-4-13-43(14-5-1)45-23-25-46(26-24-45)47-29-35-54(36-30-47)63(61-22-12-18-50-28-27-49-17-10-11-21-56(49)62(50)61)55-37-31-48(32-38-55)52-34-40-60-58(42-52)57-41-51(44-15-6-2-7-16-44)33-39-59(57)64(60)53-19-8-3-9-20-53;1-3-11-38(12-4-1)40-21-23-41(24-22-40)42-27-32-47(33-28-42)57(53-20-9-16-45-26-25-43-15-7-8-17-49(43)55(45)53)48-34-29-44(30-35-48)50-18-10-19-51-52-37-46(39-13-5-2-6-14-39)31-36-54(52)58-56(50)51/h1-42H;1-37H. The highest BCUT2D eigenvalue weighted by atomic mass is 16.3. The van der Waals surface area contributed by atoms with E-state index in [0.717, 1.165) is 72.9 Å². The number of fused-ring (bicyclic) bond motifs is 12. The van der Waals surface area contributed by atoms with Gasteiger partial charge in [-0.05, 0) is 225 Å². The highest BCUT2D eigenvalue weighted by Crippen LogP contribution is 2.48. The quantitative estimate of drug-likeness (QED) is 0.0956. The first kappa shape index (κ1) is 72.3. The number of aromatic nitrogens is 1. The number of hydrogen-bond donors (Lipinski definition) is 0. The molecule has 0 spiro atoms. The van der Waals surface area contributed by atoms with Crippen molar-refractivity contribution in [3.05, 3.63) is 479 Å². The molecule has 4 nitrogen and oxygen atoms in total. The molecule has 0 N–H and O–H groups in total. The second-order valence-electron chi connectivity index (χ2n) is 31.4. The maximum Gasteiger partial charge on any atom is 0.143 e. The Bertz CT molecular complexity index is 7780. The summed E-state index contributed by atoms with van der Waals surface area (Å²) in [4.78, 5) is 4.82. The molecule has 23 rings (SSSR count). The summed E-state index contributed by atoms with van der Waals surface area (Å²) >= 11 is 0. The normalized spacial score (nSPS) is 11.4. The third kappa shape index (κ3) is 13.5. The molecular formula is C118H79N3O. The predicted molar refractivity (Wildman–Crippen MR) is 517 cm³/mol. The van der Waals surface area contributed by atoms with Crippen LogP contribution in [0.5, 0.6) is 0 Å². The smallest absolute Gasteiger partial charge is 0.143 e. The molecule has 0 aliphatic rings. The molecule has 0 amide bonds. The van der Waals surface area contributed by atoms with Crippen LogP contribution in [-0.4, -0.2) is 4.57 Å². The molecular weight excluding hydrogens is 1480 g/mol. The molecule has 0 unspecified atom stereocenters. The Balaban J connectivity index is 0.000000146. The second-order valence-corrected chi connectivity index (χ2v) is 31.4. The Labute approximate surface area is 708 Å². The summed E-state index contributed by atoms with van der Waals surface area (Å²) in [6, 6.07) is 173. The fourth-order valence-corrected chi connectivity index (χ4v) is 18.2. The van der Waals surface area contributed by atoms with Crippen LogP contribution in [0.4, 0.5) is 34.1 Å². The molecule has 0 saturated heterocycles. The molecule has 0 saturated carbocycles. The van der Waals surface area contributed by atoms with Gasteiger partial charge in [0.15, 0.2) is 0 Å². The van der Waals surface area contributed by atoms with Gasteiger partial charge in [0.25, 0.3) is 0 Å². The van der Waals surface area contributed by atoms with Gasteiger partial charge in [0.2, 0.25) is 0 Å². The van der Waals surface area contributed by atoms with Crippen molar-refractivity contribution >= 4 is 121 Å². The Morgan fingerprint density at radius 2 is 0.467 bits per heavy atom. The molecule has 0 radical (unpaired) electrons. The lowest BCUT2D eigenvalue weighted by Crippen LogP contribution is -2.10. The molecule has 0 fully saturated rings. The largest absolute Gasteiger partial charge is 0.455 e. The molecule has 2 aromatic heterocycles. The zero-order valence-corrected chi connectivity index (χ0v) is 66.9. The summed E-state index contributed by atoms with van der Waals surface area (Å²) in [5.41, 5.74) is 30.9. The molecule has 122 heavy (non-hydrogen) atoms. The summed E-state index contributed by atoms with van der Waals surface area (Å²) in [7, 11) is 0. The van der Waals surface area contributed by atoms with E-state index in [2.05, 4.69) is 494 Å². The van der Waals surface area contributed by atoms with Gasteiger partial charge in [-0.15, -0.1) is 0 Å². The number of rotatable bonds is 15. The number of hydrogen-bond acceptors (Lipinski definition) is 3. The number of furan rings is 1. The van der Waals surface area contributed by atoms with E-state index >= 15 is 0 Å². The van der Waals surface area contributed by atoms with Gasteiger partial charge in [0.05, 0.1) is 22.4 Å². The van der Waals surface area contributed by atoms with Crippen LogP contribution < -0.4 is 9.80 Å². The van der Waals surface area contributed by atoms with Gasteiger partial charge in [-0.1, -0.05) is 370 Å². The minimum absolute atomic E-state index is 0.892. The van der Waals surface area contributed by atoms with E-state index in [1.807, 2.05) is 0 Å². The van der Waals surface area contributed by atoms with Crippen LogP contribution in [0.25, 0.3) is 182 Å². The van der Waals surface area contributed by atoms with Gasteiger partial charge in [-0.3, -0.25) is 0 Å². The van der Waals surface area contributed by atoms with E-state index in [4.69, 9.17) is 4.42 Å². The Morgan fingerprint density at radius 3 is 0.877 bits per heavy atom. The number of anilines is 6. The minimum Gasteiger partial charge on any atom is -0.455 e. The third-order valence-corrected chi connectivity index (χ3v) is 24.3. The molecule has 21 aromatic carbocycles. The lowest BCUT2D eigenvalue weighted by Gasteiger charge is -2.28. The van der Waals surface area contributed by atoms with Crippen molar-refractivity contribution in [3.63, 3.8) is 0 Å². The van der Waals surface area contributed by atoms with E-state index in [-0.39, 0.29) is 0 Å². The summed E-state index contributed by atoms with van der Waals surface area (Å²) in [6.45, 7) is 0. The summed E-state index contributed by atoms with van der Waals surface area (Å²) in [6.07, 6.45) is 0. The van der Waals surface area contributed by atoms with E-state index in [1.54, 1.807) is 0 Å². The van der Waals surface area contributed by atoms with Gasteiger partial charge in [-0.2, -0.15) is 0 Å². The van der Waals surface area contributed by atoms with Crippen LogP contribution in [-0.2, 0) is 0 Å². The van der Waals surface area contributed by atoms with Gasteiger partial charge >= 0.3 is 0 Å². The van der Waals surface area contributed by atoms with Crippen molar-refractivity contribution in [2.75, 3.05) is 9.80 Å². The maximum absolute atomic E-state index is 6.60. The zero-order chi connectivity index (χ0) is 80.8. The van der Waals surface area contributed by atoms with Crippen molar-refractivity contribution in [2.24, 2.45) is 0 Å². The van der Waals surface area contributed by atoms with Crippen LogP contribution in [0.15, 0.2) is 484 Å². The van der Waals surface area contributed by atoms with Gasteiger partial charge in [-0.25, -0.2) is 0 Å². The number of nitrogens with zero attached hydrogens (tertiary/aromatic N) is 3.